The molecule has 0 bridgehead atoms. The van der Waals surface area contributed by atoms with Crippen molar-refractivity contribution >= 4 is 12.0 Å². The van der Waals surface area contributed by atoms with Crippen molar-refractivity contribution in [3.05, 3.63) is 35.9 Å². The molecule has 1 aromatic carbocycles. The van der Waals surface area contributed by atoms with Gasteiger partial charge < -0.3 is 15.3 Å². The van der Waals surface area contributed by atoms with Gasteiger partial charge in [0, 0.05) is 19.6 Å². The second-order valence-electron chi connectivity index (χ2n) is 6.91. The van der Waals surface area contributed by atoms with Crippen molar-refractivity contribution in [2.45, 2.75) is 45.1 Å². The molecule has 1 aliphatic carbocycles. The van der Waals surface area contributed by atoms with Gasteiger partial charge in [-0.15, -0.1) is 0 Å². The summed E-state index contributed by atoms with van der Waals surface area (Å²) in [5.74, 6) is -1.00. The molecule has 132 valence electrons. The third-order valence-corrected chi connectivity index (χ3v) is 4.87. The van der Waals surface area contributed by atoms with Crippen LogP contribution in [-0.2, 0) is 11.2 Å². The van der Waals surface area contributed by atoms with Gasteiger partial charge in [-0.3, -0.25) is 4.79 Å². The van der Waals surface area contributed by atoms with Crippen molar-refractivity contribution in [1.82, 2.24) is 10.2 Å². The molecule has 3 unspecified atom stereocenters. The topological polar surface area (TPSA) is 69.6 Å². The summed E-state index contributed by atoms with van der Waals surface area (Å²) >= 11 is 0. The number of rotatable bonds is 6. The Labute approximate surface area is 144 Å². The van der Waals surface area contributed by atoms with Crippen molar-refractivity contribution in [3.8, 4) is 0 Å². The minimum absolute atomic E-state index is 0.161. The summed E-state index contributed by atoms with van der Waals surface area (Å²) in [5, 5.41) is 12.1. The van der Waals surface area contributed by atoms with Gasteiger partial charge in [-0.2, -0.15) is 0 Å². The number of urea groups is 1. The lowest BCUT2D eigenvalue weighted by Gasteiger charge is -2.34. The predicted octanol–water partition coefficient (Wildman–Crippen LogP) is 3.15. The normalized spacial score (nSPS) is 21.8. The van der Waals surface area contributed by atoms with E-state index >= 15 is 0 Å². The molecule has 0 spiro atoms. The molecule has 1 aliphatic rings. The number of carbonyl (C=O) groups is 2. The van der Waals surface area contributed by atoms with E-state index in [2.05, 4.69) is 17.4 Å². The van der Waals surface area contributed by atoms with E-state index in [1.807, 2.05) is 18.2 Å². The number of hydrogen-bond acceptors (Lipinski definition) is 2. The number of carboxylic acids is 1. The first-order chi connectivity index (χ1) is 11.5. The van der Waals surface area contributed by atoms with Gasteiger partial charge >= 0.3 is 12.0 Å². The Morgan fingerprint density at radius 3 is 2.58 bits per heavy atom. The zero-order valence-corrected chi connectivity index (χ0v) is 14.6. The smallest absolute Gasteiger partial charge is 0.317 e. The van der Waals surface area contributed by atoms with Crippen LogP contribution in [0, 0.1) is 11.8 Å². The van der Waals surface area contributed by atoms with Crippen LogP contribution in [-0.4, -0.2) is 41.6 Å². The van der Waals surface area contributed by atoms with Gasteiger partial charge in [-0.05, 0) is 30.7 Å². The molecular formula is C19H28N2O3. The Morgan fingerprint density at radius 2 is 1.92 bits per heavy atom. The summed E-state index contributed by atoms with van der Waals surface area (Å²) in [5.41, 5.74) is 1.30. The first-order valence-electron chi connectivity index (χ1n) is 8.75. The van der Waals surface area contributed by atoms with E-state index in [0.29, 0.717) is 5.92 Å². The first-order valence-corrected chi connectivity index (χ1v) is 8.75. The van der Waals surface area contributed by atoms with Gasteiger partial charge in [0.2, 0.25) is 0 Å². The highest BCUT2D eigenvalue weighted by Gasteiger charge is 2.28. The third kappa shape index (κ3) is 5.25. The van der Waals surface area contributed by atoms with Crippen LogP contribution in [0.2, 0.25) is 0 Å². The maximum Gasteiger partial charge on any atom is 0.317 e. The quantitative estimate of drug-likeness (QED) is 0.841. The number of nitrogens with zero attached hydrogens (tertiary/aromatic N) is 1. The minimum Gasteiger partial charge on any atom is -0.481 e. The fraction of sp³-hybridized carbons (Fsp3) is 0.579. The van der Waals surface area contributed by atoms with Crippen LogP contribution in [0.4, 0.5) is 4.79 Å². The van der Waals surface area contributed by atoms with Crippen LogP contribution in [0.5, 0.6) is 0 Å². The van der Waals surface area contributed by atoms with E-state index in [1.165, 1.54) is 16.9 Å². The summed E-state index contributed by atoms with van der Waals surface area (Å²) in [6, 6.07) is 10.4. The van der Waals surface area contributed by atoms with Crippen LogP contribution in [0.25, 0.3) is 0 Å². The molecule has 3 atom stereocenters. The highest BCUT2D eigenvalue weighted by molar-refractivity contribution is 5.76. The van der Waals surface area contributed by atoms with E-state index < -0.39 is 11.9 Å². The number of aliphatic carboxylic acids is 1. The van der Waals surface area contributed by atoms with Gasteiger partial charge in [-0.25, -0.2) is 4.79 Å². The Morgan fingerprint density at radius 1 is 1.25 bits per heavy atom. The number of amides is 2. The number of benzene rings is 1. The van der Waals surface area contributed by atoms with Crippen molar-refractivity contribution in [2.75, 3.05) is 13.6 Å². The maximum absolute atomic E-state index is 12.4. The van der Waals surface area contributed by atoms with Crippen LogP contribution in [0.1, 0.15) is 38.2 Å². The van der Waals surface area contributed by atoms with Crippen molar-refractivity contribution < 1.29 is 14.7 Å². The first kappa shape index (κ1) is 18.3. The molecule has 0 aromatic heterocycles. The van der Waals surface area contributed by atoms with Crippen LogP contribution in [0.15, 0.2) is 30.3 Å². The summed E-state index contributed by atoms with van der Waals surface area (Å²) in [6.45, 7) is 1.84. The molecule has 5 heteroatoms. The lowest BCUT2D eigenvalue weighted by molar-refractivity contribution is -0.141. The van der Waals surface area contributed by atoms with E-state index in [4.69, 9.17) is 5.11 Å². The van der Waals surface area contributed by atoms with Crippen LogP contribution in [0.3, 0.4) is 0 Å². The van der Waals surface area contributed by atoms with Crippen LogP contribution >= 0.6 is 0 Å². The van der Waals surface area contributed by atoms with Gasteiger partial charge in [0.15, 0.2) is 0 Å². The Balaban J connectivity index is 1.92. The van der Waals surface area contributed by atoms with Gasteiger partial charge in [0.1, 0.15) is 0 Å². The molecule has 2 rings (SSSR count). The van der Waals surface area contributed by atoms with Crippen molar-refractivity contribution in [1.29, 1.82) is 0 Å². The predicted molar refractivity (Wildman–Crippen MR) is 93.9 cm³/mol. The third-order valence-electron chi connectivity index (χ3n) is 4.87. The molecule has 0 heterocycles. The number of hydrogen-bond donors (Lipinski definition) is 2. The van der Waals surface area contributed by atoms with Crippen LogP contribution < -0.4 is 5.32 Å². The molecule has 24 heavy (non-hydrogen) atoms. The summed E-state index contributed by atoms with van der Waals surface area (Å²) in [6.07, 6.45) is 5.42. The van der Waals surface area contributed by atoms with E-state index in [1.54, 1.807) is 14.0 Å². The number of carbonyl (C=O) groups excluding carboxylic acids is 1. The van der Waals surface area contributed by atoms with Gasteiger partial charge in [0.25, 0.3) is 0 Å². The molecule has 5 nitrogen and oxygen atoms in total. The molecule has 1 aromatic rings. The van der Waals surface area contributed by atoms with Gasteiger partial charge in [-0.1, -0.05) is 50.1 Å². The largest absolute Gasteiger partial charge is 0.481 e. The highest BCUT2D eigenvalue weighted by Crippen LogP contribution is 2.27. The zero-order chi connectivity index (χ0) is 17.5. The average molecular weight is 332 g/mol. The molecule has 1 saturated carbocycles. The molecule has 2 N–H and O–H groups in total. The summed E-state index contributed by atoms with van der Waals surface area (Å²) in [7, 11) is 1.66. The van der Waals surface area contributed by atoms with Gasteiger partial charge in [0.05, 0.1) is 5.92 Å². The van der Waals surface area contributed by atoms with Crippen molar-refractivity contribution in [2.24, 2.45) is 11.8 Å². The SMILES string of the molecule is CC(CN(C)C(=O)NC1CCCCC1Cc1ccccc1)C(=O)O. The Kier molecular flexibility index (Phi) is 6.64. The van der Waals surface area contributed by atoms with E-state index in [0.717, 1.165) is 25.7 Å². The second-order valence-corrected chi connectivity index (χ2v) is 6.91. The highest BCUT2D eigenvalue weighted by atomic mass is 16.4. The Bertz CT molecular complexity index is 547. The second kappa shape index (κ2) is 8.71. The average Bonchev–Trinajstić information content (AvgIpc) is 2.57. The number of nitrogens with one attached hydrogen (secondary N) is 1. The van der Waals surface area contributed by atoms with E-state index in [9.17, 15) is 9.59 Å². The molecule has 0 aliphatic heterocycles. The fourth-order valence-electron chi connectivity index (χ4n) is 3.40. The van der Waals surface area contributed by atoms with E-state index in [-0.39, 0.29) is 18.6 Å². The Hall–Kier alpha value is -2.04. The molecular weight excluding hydrogens is 304 g/mol. The standard InChI is InChI=1S/C19H28N2O3/c1-14(18(22)23)13-21(2)19(24)20-17-11-7-6-10-16(17)12-15-8-4-3-5-9-15/h3-5,8-9,14,16-17H,6-7,10-13H2,1-2H3,(H,20,24)(H,22,23). The summed E-state index contributed by atoms with van der Waals surface area (Å²) in [4.78, 5) is 24.8. The molecule has 1 fully saturated rings. The maximum atomic E-state index is 12.4. The number of carboxylic acid groups (broad SMARTS) is 1. The lowest BCUT2D eigenvalue weighted by atomic mass is 9.81. The fourth-order valence-corrected chi connectivity index (χ4v) is 3.40. The minimum atomic E-state index is -0.880. The lowest BCUT2D eigenvalue weighted by Crippen LogP contribution is -2.49. The molecule has 0 saturated heterocycles. The monoisotopic (exact) mass is 332 g/mol. The molecule has 2 amide bonds. The molecule has 0 radical (unpaired) electrons. The zero-order valence-electron chi connectivity index (χ0n) is 14.6. The van der Waals surface area contributed by atoms with Crippen molar-refractivity contribution in [3.63, 3.8) is 0 Å². The summed E-state index contributed by atoms with van der Waals surface area (Å²) < 4.78 is 0.